The number of aliphatic carboxylic acids is 1. The number of hydrogen-bond donors (Lipinski definition) is 1. The van der Waals surface area contributed by atoms with Gasteiger partial charge in [0.15, 0.2) is 0 Å². The average Bonchev–Trinajstić information content (AvgIpc) is 2.85. The zero-order chi connectivity index (χ0) is 14.9. The quantitative estimate of drug-likeness (QED) is 0.922. The van der Waals surface area contributed by atoms with Crippen molar-refractivity contribution in [2.24, 2.45) is 0 Å². The Morgan fingerprint density at radius 3 is 2.65 bits per heavy atom. The van der Waals surface area contributed by atoms with Crippen LogP contribution in [-0.4, -0.2) is 34.0 Å². The zero-order valence-corrected chi connectivity index (χ0v) is 12.3. The molecule has 1 aromatic carbocycles. The van der Waals surface area contributed by atoms with Crippen LogP contribution in [-0.2, 0) is 4.79 Å². The summed E-state index contributed by atoms with van der Waals surface area (Å²) in [5.74, 6) is -1.05. The van der Waals surface area contributed by atoms with Crippen molar-refractivity contribution in [1.82, 2.24) is 4.90 Å². The van der Waals surface area contributed by atoms with Gasteiger partial charge in [-0.05, 0) is 44.7 Å². The molecule has 1 fully saturated rings. The third kappa shape index (κ3) is 2.19. The fourth-order valence-electron chi connectivity index (χ4n) is 3.03. The second kappa shape index (κ2) is 5.27. The molecule has 1 amide bonds. The van der Waals surface area contributed by atoms with Crippen molar-refractivity contribution in [3.8, 4) is 0 Å². The zero-order valence-electron chi connectivity index (χ0n) is 12.3. The van der Waals surface area contributed by atoms with Gasteiger partial charge in [0.25, 0.3) is 5.91 Å². The third-order valence-corrected chi connectivity index (χ3v) is 4.34. The van der Waals surface area contributed by atoms with E-state index in [4.69, 9.17) is 0 Å². The summed E-state index contributed by atoms with van der Waals surface area (Å²) in [4.78, 5) is 26.0. The van der Waals surface area contributed by atoms with Crippen LogP contribution < -0.4 is 0 Å². The number of nitrogens with zero attached hydrogens (tertiary/aromatic N) is 1. The van der Waals surface area contributed by atoms with Gasteiger partial charge in [0.1, 0.15) is 5.54 Å². The first-order valence-corrected chi connectivity index (χ1v) is 7.05. The molecule has 1 unspecified atom stereocenters. The summed E-state index contributed by atoms with van der Waals surface area (Å²) < 4.78 is 0. The van der Waals surface area contributed by atoms with Gasteiger partial charge in [-0.25, -0.2) is 4.79 Å². The largest absolute Gasteiger partial charge is 0.479 e. The normalized spacial score (nSPS) is 22.1. The minimum absolute atomic E-state index is 0.159. The molecule has 108 valence electrons. The second-order valence-corrected chi connectivity index (χ2v) is 5.57. The van der Waals surface area contributed by atoms with E-state index in [1.807, 2.05) is 39.0 Å². The van der Waals surface area contributed by atoms with Gasteiger partial charge in [-0.3, -0.25) is 4.79 Å². The Morgan fingerprint density at radius 1 is 1.35 bits per heavy atom. The number of aryl methyl sites for hydroxylation is 2. The number of carboxylic acids is 1. The standard InChI is InChI=1S/C16H21NO3/c1-4-16(15(19)20)8-5-9-17(16)14(18)13-10-11(2)6-7-12(13)3/h6-7,10H,4-5,8-9H2,1-3H3,(H,19,20). The Hall–Kier alpha value is -1.84. The Balaban J connectivity index is 2.42. The second-order valence-electron chi connectivity index (χ2n) is 5.57. The maximum atomic E-state index is 12.8. The molecule has 1 aromatic rings. The highest BCUT2D eigenvalue weighted by Crippen LogP contribution is 2.34. The monoisotopic (exact) mass is 275 g/mol. The molecule has 1 heterocycles. The summed E-state index contributed by atoms with van der Waals surface area (Å²) in [5.41, 5.74) is 1.48. The molecule has 0 aromatic heterocycles. The van der Waals surface area contributed by atoms with E-state index in [2.05, 4.69) is 0 Å². The van der Waals surface area contributed by atoms with Crippen LogP contribution in [0, 0.1) is 13.8 Å². The number of hydrogen-bond acceptors (Lipinski definition) is 2. The molecule has 4 heteroatoms. The summed E-state index contributed by atoms with van der Waals surface area (Å²) in [5, 5.41) is 9.56. The minimum Gasteiger partial charge on any atom is -0.479 e. The van der Waals surface area contributed by atoms with E-state index in [0.717, 1.165) is 17.5 Å². The predicted octanol–water partition coefficient (Wildman–Crippen LogP) is 2.77. The lowest BCUT2D eigenvalue weighted by molar-refractivity contribution is -0.148. The maximum absolute atomic E-state index is 12.8. The minimum atomic E-state index is -1.03. The van der Waals surface area contributed by atoms with E-state index in [1.165, 1.54) is 0 Å². The molecule has 20 heavy (non-hydrogen) atoms. The van der Waals surface area contributed by atoms with Crippen molar-refractivity contribution < 1.29 is 14.7 Å². The van der Waals surface area contributed by atoms with Crippen molar-refractivity contribution in [1.29, 1.82) is 0 Å². The smallest absolute Gasteiger partial charge is 0.329 e. The molecular formula is C16H21NO3. The van der Waals surface area contributed by atoms with Crippen LogP contribution >= 0.6 is 0 Å². The van der Waals surface area contributed by atoms with Crippen LogP contribution in [0.2, 0.25) is 0 Å². The highest BCUT2D eigenvalue weighted by atomic mass is 16.4. The van der Waals surface area contributed by atoms with Crippen LogP contribution in [0.5, 0.6) is 0 Å². The summed E-state index contributed by atoms with van der Waals surface area (Å²) in [7, 11) is 0. The van der Waals surface area contributed by atoms with Gasteiger partial charge in [-0.15, -0.1) is 0 Å². The van der Waals surface area contributed by atoms with Crippen molar-refractivity contribution in [2.45, 2.75) is 45.6 Å². The lowest BCUT2D eigenvalue weighted by atomic mass is 9.92. The lowest BCUT2D eigenvalue weighted by Crippen LogP contribution is -2.52. The fourth-order valence-corrected chi connectivity index (χ4v) is 3.03. The molecule has 0 radical (unpaired) electrons. The summed E-state index contributed by atoms with van der Waals surface area (Å²) in [6.45, 7) is 6.18. The number of rotatable bonds is 3. The number of carboxylic acid groups (broad SMARTS) is 1. The number of carbonyl (C=O) groups excluding carboxylic acids is 1. The Kier molecular flexibility index (Phi) is 3.84. The van der Waals surface area contributed by atoms with E-state index in [9.17, 15) is 14.7 Å². The molecule has 0 spiro atoms. The number of likely N-dealkylation sites (tertiary alicyclic amines) is 1. The van der Waals surface area contributed by atoms with Gasteiger partial charge in [0.05, 0.1) is 0 Å². The van der Waals surface area contributed by atoms with Crippen LogP contribution in [0.25, 0.3) is 0 Å². The van der Waals surface area contributed by atoms with Crippen LogP contribution in [0.1, 0.15) is 47.7 Å². The number of benzene rings is 1. The first-order chi connectivity index (χ1) is 9.42. The third-order valence-electron chi connectivity index (χ3n) is 4.34. The van der Waals surface area contributed by atoms with E-state index >= 15 is 0 Å². The molecule has 4 nitrogen and oxygen atoms in total. The van der Waals surface area contributed by atoms with Gasteiger partial charge in [0, 0.05) is 12.1 Å². The van der Waals surface area contributed by atoms with E-state index in [-0.39, 0.29) is 5.91 Å². The molecule has 1 aliphatic heterocycles. The van der Waals surface area contributed by atoms with Crippen LogP contribution in [0.3, 0.4) is 0 Å². The van der Waals surface area contributed by atoms with Crippen molar-refractivity contribution in [3.05, 3.63) is 34.9 Å². The van der Waals surface area contributed by atoms with E-state index < -0.39 is 11.5 Å². The fraction of sp³-hybridized carbons (Fsp3) is 0.500. The highest BCUT2D eigenvalue weighted by molar-refractivity contribution is 5.99. The molecule has 0 aliphatic carbocycles. The van der Waals surface area contributed by atoms with Crippen LogP contribution in [0.4, 0.5) is 0 Å². The van der Waals surface area contributed by atoms with Crippen molar-refractivity contribution in [2.75, 3.05) is 6.54 Å². The van der Waals surface area contributed by atoms with Gasteiger partial charge in [0.2, 0.25) is 0 Å². The van der Waals surface area contributed by atoms with E-state index in [1.54, 1.807) is 4.90 Å². The summed E-state index contributed by atoms with van der Waals surface area (Å²) >= 11 is 0. The Bertz CT molecular complexity index is 553. The predicted molar refractivity (Wildman–Crippen MR) is 76.8 cm³/mol. The first-order valence-electron chi connectivity index (χ1n) is 7.05. The average molecular weight is 275 g/mol. The summed E-state index contributed by atoms with van der Waals surface area (Å²) in [6.07, 6.45) is 1.73. The number of carbonyl (C=O) groups is 2. The molecule has 2 rings (SSSR count). The highest BCUT2D eigenvalue weighted by Gasteiger charge is 2.48. The van der Waals surface area contributed by atoms with Crippen molar-refractivity contribution in [3.63, 3.8) is 0 Å². The molecule has 1 atom stereocenters. The van der Waals surface area contributed by atoms with Crippen molar-refractivity contribution >= 4 is 11.9 Å². The Morgan fingerprint density at radius 2 is 2.05 bits per heavy atom. The maximum Gasteiger partial charge on any atom is 0.329 e. The molecule has 1 aliphatic rings. The molecule has 0 bridgehead atoms. The molecule has 0 saturated carbocycles. The molecular weight excluding hydrogens is 254 g/mol. The number of amides is 1. The van der Waals surface area contributed by atoms with Crippen LogP contribution in [0.15, 0.2) is 18.2 Å². The lowest BCUT2D eigenvalue weighted by Gasteiger charge is -2.34. The summed E-state index contributed by atoms with van der Waals surface area (Å²) in [6, 6.07) is 5.71. The Labute approximate surface area is 119 Å². The van der Waals surface area contributed by atoms with Gasteiger partial charge >= 0.3 is 5.97 Å². The van der Waals surface area contributed by atoms with E-state index in [0.29, 0.717) is 24.9 Å². The first kappa shape index (κ1) is 14.6. The molecule has 1 N–H and O–H groups in total. The topological polar surface area (TPSA) is 57.6 Å². The molecule has 1 saturated heterocycles. The SMILES string of the molecule is CCC1(C(=O)O)CCCN1C(=O)c1cc(C)ccc1C. The van der Waals surface area contributed by atoms with Gasteiger partial charge < -0.3 is 10.0 Å². The van der Waals surface area contributed by atoms with Gasteiger partial charge in [-0.2, -0.15) is 0 Å². The van der Waals surface area contributed by atoms with Gasteiger partial charge in [-0.1, -0.05) is 24.6 Å².